The minimum atomic E-state index is -0.920. The third-order valence-electron chi connectivity index (χ3n) is 2.60. The predicted molar refractivity (Wildman–Crippen MR) is 60.1 cm³/mol. The minimum Gasteiger partial charge on any atom is -0.476 e. The molecule has 1 heterocycles. The average molecular weight is 223 g/mol. The van der Waals surface area contributed by atoms with Crippen molar-refractivity contribution in [1.82, 2.24) is 4.98 Å². The van der Waals surface area contributed by atoms with Gasteiger partial charge in [-0.2, -0.15) is 0 Å². The van der Waals surface area contributed by atoms with E-state index in [-0.39, 0.29) is 5.69 Å². The van der Waals surface area contributed by atoms with Crippen molar-refractivity contribution in [2.24, 2.45) is 0 Å². The highest BCUT2D eigenvalue weighted by atomic mass is 32.1. The van der Waals surface area contributed by atoms with Crippen LogP contribution in [-0.2, 0) is 0 Å². The summed E-state index contributed by atoms with van der Waals surface area (Å²) in [4.78, 5) is 15.7. The first-order valence-electron chi connectivity index (χ1n) is 5.15. The molecule has 15 heavy (non-hydrogen) atoms. The van der Waals surface area contributed by atoms with Crippen LogP contribution < -0.4 is 0 Å². The molecule has 0 bridgehead atoms. The van der Waals surface area contributed by atoms with Crippen LogP contribution in [0, 0.1) is 0 Å². The Kier molecular flexibility index (Phi) is 3.16. The zero-order chi connectivity index (χ0) is 10.7. The Hall–Kier alpha value is -1.16. The van der Waals surface area contributed by atoms with Crippen molar-refractivity contribution in [3.63, 3.8) is 0 Å². The van der Waals surface area contributed by atoms with E-state index in [1.54, 1.807) is 5.51 Å². The molecule has 0 fully saturated rings. The van der Waals surface area contributed by atoms with Gasteiger partial charge >= 0.3 is 5.97 Å². The molecule has 1 aromatic rings. The molecule has 2 rings (SSSR count). The van der Waals surface area contributed by atoms with E-state index in [1.165, 1.54) is 29.8 Å². The second kappa shape index (κ2) is 4.57. The van der Waals surface area contributed by atoms with Crippen molar-refractivity contribution in [1.29, 1.82) is 0 Å². The molecule has 0 saturated heterocycles. The van der Waals surface area contributed by atoms with E-state index >= 15 is 0 Å². The monoisotopic (exact) mass is 223 g/mol. The van der Waals surface area contributed by atoms with Gasteiger partial charge in [-0.05, 0) is 31.3 Å². The van der Waals surface area contributed by atoms with E-state index in [0.29, 0.717) is 0 Å². The number of carbonyl (C=O) groups is 1. The van der Waals surface area contributed by atoms with Gasteiger partial charge in [-0.1, -0.05) is 12.5 Å². The number of hydrogen-bond acceptors (Lipinski definition) is 3. The summed E-state index contributed by atoms with van der Waals surface area (Å²) in [5.41, 5.74) is 3.00. The van der Waals surface area contributed by atoms with Gasteiger partial charge in [0, 0.05) is 0 Å². The van der Waals surface area contributed by atoms with Gasteiger partial charge in [0.25, 0.3) is 0 Å². The van der Waals surface area contributed by atoms with E-state index in [4.69, 9.17) is 5.11 Å². The van der Waals surface area contributed by atoms with Gasteiger partial charge in [-0.3, -0.25) is 0 Å². The fourth-order valence-electron chi connectivity index (χ4n) is 1.85. The van der Waals surface area contributed by atoms with Crippen LogP contribution in [0.3, 0.4) is 0 Å². The van der Waals surface area contributed by atoms with Crippen molar-refractivity contribution in [3.05, 3.63) is 22.2 Å². The summed E-state index contributed by atoms with van der Waals surface area (Å²) in [6.45, 7) is 0. The molecule has 0 amide bonds. The third kappa shape index (κ3) is 2.26. The van der Waals surface area contributed by atoms with Crippen molar-refractivity contribution in [2.45, 2.75) is 32.1 Å². The molecule has 1 aromatic heterocycles. The molecule has 0 aliphatic heterocycles. The maximum Gasteiger partial charge on any atom is 0.356 e. The summed E-state index contributed by atoms with van der Waals surface area (Å²) in [5, 5.41) is 8.97. The lowest BCUT2D eigenvalue weighted by Crippen LogP contribution is -2.00. The van der Waals surface area contributed by atoms with E-state index in [2.05, 4.69) is 11.1 Å². The summed E-state index contributed by atoms with van der Waals surface area (Å²) in [7, 11) is 0. The topological polar surface area (TPSA) is 50.2 Å². The lowest BCUT2D eigenvalue weighted by atomic mass is 10.1. The predicted octanol–water partition coefficient (Wildman–Crippen LogP) is 3.19. The molecule has 1 N–H and O–H groups in total. The number of aromatic carboxylic acids is 1. The van der Waals surface area contributed by atoms with Gasteiger partial charge in [-0.15, -0.1) is 11.3 Å². The Balaban J connectivity index is 2.31. The molecule has 0 unspecified atom stereocenters. The van der Waals surface area contributed by atoms with Crippen LogP contribution >= 0.6 is 11.3 Å². The molecular formula is C11H13NO2S. The van der Waals surface area contributed by atoms with Gasteiger partial charge in [0.1, 0.15) is 0 Å². The van der Waals surface area contributed by atoms with Gasteiger partial charge in [0.15, 0.2) is 5.69 Å². The molecule has 0 saturated carbocycles. The summed E-state index contributed by atoms with van der Waals surface area (Å²) in [6, 6.07) is 0. The number of allylic oxidation sites excluding steroid dienone is 2. The van der Waals surface area contributed by atoms with Crippen LogP contribution in [0.25, 0.3) is 5.57 Å². The molecule has 0 radical (unpaired) electrons. The Labute approximate surface area is 92.5 Å². The Bertz CT molecular complexity index is 395. The number of nitrogens with zero attached hydrogens (tertiary/aromatic N) is 1. The highest BCUT2D eigenvalue weighted by molar-refractivity contribution is 7.11. The van der Waals surface area contributed by atoms with Crippen molar-refractivity contribution in [3.8, 4) is 0 Å². The molecule has 4 heteroatoms. The van der Waals surface area contributed by atoms with Gasteiger partial charge in [-0.25, -0.2) is 9.78 Å². The summed E-state index contributed by atoms with van der Waals surface area (Å²) in [5.74, 6) is -0.920. The van der Waals surface area contributed by atoms with Crippen LogP contribution in [0.15, 0.2) is 11.6 Å². The Morgan fingerprint density at radius 3 is 3.07 bits per heavy atom. The van der Waals surface area contributed by atoms with E-state index in [1.807, 2.05) is 0 Å². The molecule has 80 valence electrons. The molecule has 0 aromatic carbocycles. The highest BCUT2D eigenvalue weighted by Crippen LogP contribution is 2.30. The van der Waals surface area contributed by atoms with Crippen LogP contribution in [0.2, 0.25) is 0 Å². The molecule has 1 aliphatic rings. The van der Waals surface area contributed by atoms with Gasteiger partial charge < -0.3 is 5.11 Å². The van der Waals surface area contributed by atoms with Crippen LogP contribution in [0.1, 0.15) is 47.5 Å². The van der Waals surface area contributed by atoms with Crippen molar-refractivity contribution >= 4 is 22.9 Å². The first-order chi connectivity index (χ1) is 7.29. The van der Waals surface area contributed by atoms with Gasteiger partial charge in [0.05, 0.1) is 10.4 Å². The van der Waals surface area contributed by atoms with E-state index < -0.39 is 5.97 Å². The average Bonchev–Trinajstić information content (AvgIpc) is 2.55. The number of carboxylic acid groups (broad SMARTS) is 1. The second-order valence-corrected chi connectivity index (χ2v) is 4.52. The highest BCUT2D eigenvalue weighted by Gasteiger charge is 2.17. The fourth-order valence-corrected chi connectivity index (χ4v) is 2.70. The number of aromatic nitrogens is 1. The van der Waals surface area contributed by atoms with Crippen LogP contribution in [0.4, 0.5) is 0 Å². The van der Waals surface area contributed by atoms with Crippen LogP contribution in [0.5, 0.6) is 0 Å². The lowest BCUT2D eigenvalue weighted by molar-refractivity contribution is 0.0691. The van der Waals surface area contributed by atoms with E-state index in [9.17, 15) is 4.79 Å². The fraction of sp³-hybridized carbons (Fsp3) is 0.455. The van der Waals surface area contributed by atoms with E-state index in [0.717, 1.165) is 24.1 Å². The molecule has 3 nitrogen and oxygen atoms in total. The quantitative estimate of drug-likeness (QED) is 0.837. The standard InChI is InChI=1S/C11H13NO2S/c13-11(14)9-10(15-7-12-9)8-5-3-1-2-4-6-8/h5,7H,1-4,6H2,(H,13,14). The minimum absolute atomic E-state index is 0.216. The Morgan fingerprint density at radius 1 is 1.40 bits per heavy atom. The smallest absolute Gasteiger partial charge is 0.356 e. The number of carboxylic acids is 1. The maximum absolute atomic E-state index is 10.9. The largest absolute Gasteiger partial charge is 0.476 e. The third-order valence-corrected chi connectivity index (χ3v) is 3.50. The SMILES string of the molecule is O=C(O)c1ncsc1C1=CCCCCC1. The first kappa shape index (κ1) is 10.4. The lowest BCUT2D eigenvalue weighted by Gasteiger charge is -2.02. The number of rotatable bonds is 2. The summed E-state index contributed by atoms with van der Waals surface area (Å²) < 4.78 is 0. The second-order valence-electron chi connectivity index (χ2n) is 3.66. The van der Waals surface area contributed by atoms with Crippen molar-refractivity contribution in [2.75, 3.05) is 0 Å². The summed E-state index contributed by atoms with van der Waals surface area (Å²) in [6.07, 6.45) is 7.83. The zero-order valence-electron chi connectivity index (χ0n) is 8.40. The summed E-state index contributed by atoms with van der Waals surface area (Å²) >= 11 is 1.43. The zero-order valence-corrected chi connectivity index (χ0v) is 9.22. The van der Waals surface area contributed by atoms with Crippen molar-refractivity contribution < 1.29 is 9.90 Å². The number of thiazole rings is 1. The van der Waals surface area contributed by atoms with Gasteiger partial charge in [0.2, 0.25) is 0 Å². The first-order valence-corrected chi connectivity index (χ1v) is 6.03. The van der Waals surface area contributed by atoms with Crippen LogP contribution in [-0.4, -0.2) is 16.1 Å². The number of hydrogen-bond donors (Lipinski definition) is 1. The molecular weight excluding hydrogens is 210 g/mol. The molecule has 1 aliphatic carbocycles. The molecule has 0 spiro atoms. The normalized spacial score (nSPS) is 16.9. The maximum atomic E-state index is 10.9. The molecule has 0 atom stereocenters. The Morgan fingerprint density at radius 2 is 2.27 bits per heavy atom.